The van der Waals surface area contributed by atoms with Crippen LogP contribution in [0.15, 0.2) is 41.8 Å². The Labute approximate surface area is 145 Å². The van der Waals surface area contributed by atoms with Gasteiger partial charge in [0.05, 0.1) is 12.3 Å². The van der Waals surface area contributed by atoms with E-state index in [9.17, 15) is 22.4 Å². The molecule has 26 heavy (non-hydrogen) atoms. The first-order valence-corrected chi connectivity index (χ1v) is 7.60. The Bertz CT molecular complexity index is 818. The molecule has 0 spiro atoms. The lowest BCUT2D eigenvalue weighted by atomic mass is 10.1. The lowest BCUT2D eigenvalue weighted by Gasteiger charge is -2.12. The van der Waals surface area contributed by atoms with E-state index in [1.165, 1.54) is 17.1 Å². The smallest absolute Gasteiger partial charge is 0.332 e. The fourth-order valence-electron chi connectivity index (χ4n) is 2.31. The van der Waals surface area contributed by atoms with E-state index in [1.807, 2.05) is 0 Å². The van der Waals surface area contributed by atoms with Crippen LogP contribution < -0.4 is 5.32 Å². The average molecular weight is 367 g/mol. The Kier molecular flexibility index (Phi) is 4.83. The molecule has 1 aromatic heterocycles. The molecule has 136 valence electrons. The first kappa shape index (κ1) is 17.8. The Morgan fingerprint density at radius 1 is 1.15 bits per heavy atom. The highest BCUT2D eigenvalue weighted by Gasteiger charge is 2.34. The van der Waals surface area contributed by atoms with Gasteiger partial charge < -0.3 is 5.32 Å². The van der Waals surface area contributed by atoms with Gasteiger partial charge in [0.25, 0.3) is 0 Å². The van der Waals surface area contributed by atoms with Crippen LogP contribution in [0.4, 0.5) is 22.4 Å². The number of benzene rings is 1. The summed E-state index contributed by atoms with van der Waals surface area (Å²) in [5, 5.41) is 7.93. The monoisotopic (exact) mass is 367 g/mol. The van der Waals surface area contributed by atoms with E-state index in [2.05, 4.69) is 20.4 Å². The van der Waals surface area contributed by atoms with Gasteiger partial charge in [-0.15, -0.1) is 0 Å². The minimum atomic E-state index is -4.61. The van der Waals surface area contributed by atoms with Crippen molar-refractivity contribution in [2.45, 2.75) is 19.1 Å². The molecule has 0 bridgehead atoms. The van der Waals surface area contributed by atoms with Gasteiger partial charge in [-0.3, -0.25) is 0 Å². The molecule has 10 heteroatoms. The largest absolute Gasteiger partial charge is 0.451 e. The molecule has 1 N–H and O–H groups in total. The number of amides is 2. The van der Waals surface area contributed by atoms with Crippen molar-refractivity contribution in [2.24, 2.45) is 5.10 Å². The van der Waals surface area contributed by atoms with Crippen molar-refractivity contribution in [2.75, 3.05) is 6.54 Å². The van der Waals surface area contributed by atoms with Gasteiger partial charge in [-0.05, 0) is 17.7 Å². The van der Waals surface area contributed by atoms with Crippen LogP contribution in [0.2, 0.25) is 0 Å². The number of urea groups is 1. The van der Waals surface area contributed by atoms with Crippen LogP contribution >= 0.6 is 0 Å². The molecule has 0 saturated carbocycles. The molecule has 2 heterocycles. The number of nitrogens with zero attached hydrogens (tertiary/aromatic N) is 4. The first-order valence-electron chi connectivity index (χ1n) is 7.60. The molecule has 1 aliphatic rings. The number of hydrazone groups is 1. The molecular weight excluding hydrogens is 354 g/mol. The minimum absolute atomic E-state index is 0.0329. The van der Waals surface area contributed by atoms with E-state index in [1.54, 1.807) is 12.1 Å². The van der Waals surface area contributed by atoms with Gasteiger partial charge in [-0.2, -0.15) is 18.3 Å². The summed E-state index contributed by atoms with van der Waals surface area (Å²) >= 11 is 0. The minimum Gasteiger partial charge on any atom is -0.332 e. The van der Waals surface area contributed by atoms with Gasteiger partial charge >= 0.3 is 12.2 Å². The Morgan fingerprint density at radius 3 is 2.42 bits per heavy atom. The lowest BCUT2D eigenvalue weighted by molar-refractivity contribution is -0.145. The molecule has 0 unspecified atom stereocenters. The third kappa shape index (κ3) is 4.13. The number of rotatable bonds is 3. The van der Waals surface area contributed by atoms with E-state index in [0.29, 0.717) is 24.2 Å². The summed E-state index contributed by atoms with van der Waals surface area (Å²) in [6.45, 7) is 0.316. The van der Waals surface area contributed by atoms with Crippen molar-refractivity contribution >= 4 is 11.7 Å². The first-order chi connectivity index (χ1) is 12.3. The number of nitrogens with one attached hydrogen (secondary N) is 1. The maximum atomic E-state index is 12.9. The predicted octanol–water partition coefficient (Wildman–Crippen LogP) is 2.95. The topological polar surface area (TPSA) is 70.5 Å². The summed E-state index contributed by atoms with van der Waals surface area (Å²) in [4.78, 5) is 18.6. The Balaban J connectivity index is 1.58. The molecule has 2 amide bonds. The molecule has 1 aliphatic heterocycles. The number of aromatic nitrogens is 2. The normalized spacial score (nSPS) is 14.3. The highest BCUT2D eigenvalue weighted by Crippen LogP contribution is 2.25. The number of hydrogen-bond donors (Lipinski definition) is 1. The second kappa shape index (κ2) is 7.06. The second-order valence-corrected chi connectivity index (χ2v) is 5.50. The van der Waals surface area contributed by atoms with Crippen LogP contribution in [0.1, 0.15) is 23.4 Å². The second-order valence-electron chi connectivity index (χ2n) is 5.50. The third-order valence-corrected chi connectivity index (χ3v) is 3.62. The van der Waals surface area contributed by atoms with Gasteiger partial charge in [-0.25, -0.2) is 24.2 Å². The molecule has 0 fully saturated rings. The van der Waals surface area contributed by atoms with E-state index in [0.717, 1.165) is 18.0 Å². The van der Waals surface area contributed by atoms with Crippen LogP contribution in [-0.2, 0) is 12.7 Å². The van der Waals surface area contributed by atoms with Crippen LogP contribution in [0.25, 0.3) is 0 Å². The third-order valence-electron chi connectivity index (χ3n) is 3.62. The highest BCUT2D eigenvalue weighted by atomic mass is 19.4. The number of carbonyl (C=O) groups excluding carboxylic acids is 1. The average Bonchev–Trinajstić information content (AvgIpc) is 3.10. The fraction of sp³-hybridized carbons (Fsp3) is 0.250. The van der Waals surface area contributed by atoms with Gasteiger partial charge in [0.15, 0.2) is 0 Å². The summed E-state index contributed by atoms with van der Waals surface area (Å²) < 4.78 is 50.1. The Hall–Kier alpha value is -3.04. The van der Waals surface area contributed by atoms with Gasteiger partial charge in [0, 0.05) is 30.9 Å². The zero-order valence-electron chi connectivity index (χ0n) is 13.3. The van der Waals surface area contributed by atoms with E-state index in [-0.39, 0.29) is 12.4 Å². The molecule has 0 aliphatic carbocycles. The van der Waals surface area contributed by atoms with Crippen LogP contribution in [0.5, 0.6) is 0 Å². The van der Waals surface area contributed by atoms with E-state index >= 15 is 0 Å². The van der Waals surface area contributed by atoms with Crippen LogP contribution in [0, 0.1) is 5.82 Å². The van der Waals surface area contributed by atoms with Crippen LogP contribution in [0.3, 0.4) is 0 Å². The molecule has 2 aromatic rings. The van der Waals surface area contributed by atoms with Crippen molar-refractivity contribution in [1.29, 1.82) is 0 Å². The zero-order chi connectivity index (χ0) is 18.7. The van der Waals surface area contributed by atoms with Gasteiger partial charge in [-0.1, -0.05) is 12.1 Å². The molecule has 0 radical (unpaired) electrons. The highest BCUT2D eigenvalue weighted by molar-refractivity contribution is 6.02. The lowest BCUT2D eigenvalue weighted by Crippen LogP contribution is -2.34. The number of carbonyl (C=O) groups is 1. The summed E-state index contributed by atoms with van der Waals surface area (Å²) in [6, 6.07) is 5.28. The maximum Gasteiger partial charge on any atom is 0.451 e. The van der Waals surface area contributed by atoms with Crippen LogP contribution in [-0.4, -0.2) is 33.3 Å². The van der Waals surface area contributed by atoms with Gasteiger partial charge in [0.1, 0.15) is 5.82 Å². The number of alkyl halides is 3. The summed E-state index contributed by atoms with van der Waals surface area (Å²) in [5.74, 6) is -1.60. The van der Waals surface area contributed by atoms with Crippen molar-refractivity contribution in [1.82, 2.24) is 20.3 Å². The fourth-order valence-corrected chi connectivity index (χ4v) is 2.31. The molecule has 0 saturated heterocycles. The zero-order valence-corrected chi connectivity index (χ0v) is 13.3. The molecular formula is C16H13F4N5O. The Morgan fingerprint density at radius 2 is 1.81 bits per heavy atom. The van der Waals surface area contributed by atoms with E-state index < -0.39 is 18.0 Å². The van der Waals surface area contributed by atoms with E-state index in [4.69, 9.17) is 0 Å². The molecule has 6 nitrogen and oxygen atoms in total. The number of hydrogen-bond acceptors (Lipinski definition) is 4. The molecule has 3 rings (SSSR count). The van der Waals surface area contributed by atoms with Crippen molar-refractivity contribution in [3.05, 3.63) is 59.4 Å². The SMILES string of the molecule is O=C(NCc1cnc(C(F)(F)F)nc1)N1CCC(c2ccc(F)cc2)=N1. The molecule has 0 atom stereocenters. The number of halogens is 4. The van der Waals surface area contributed by atoms with Gasteiger partial charge in [0.2, 0.25) is 5.82 Å². The predicted molar refractivity (Wildman–Crippen MR) is 83.5 cm³/mol. The van der Waals surface area contributed by atoms with Crippen molar-refractivity contribution in [3.8, 4) is 0 Å². The van der Waals surface area contributed by atoms with Crippen molar-refractivity contribution < 1.29 is 22.4 Å². The quantitative estimate of drug-likeness (QED) is 0.848. The van der Waals surface area contributed by atoms with Crippen molar-refractivity contribution in [3.63, 3.8) is 0 Å². The summed E-state index contributed by atoms with van der Waals surface area (Å²) in [7, 11) is 0. The molecule has 1 aromatic carbocycles. The standard InChI is InChI=1S/C16H13F4N5O/c17-12-3-1-11(2-4-12)13-5-6-25(24-13)15(26)23-9-10-7-21-14(22-8-10)16(18,19)20/h1-4,7-8H,5-6,9H2,(H,23,26). The summed E-state index contributed by atoms with van der Waals surface area (Å²) in [5.41, 5.74) is 1.70. The maximum absolute atomic E-state index is 12.9. The summed E-state index contributed by atoms with van der Waals surface area (Å²) in [6.07, 6.45) is -2.08.